The molecule has 0 aliphatic heterocycles. The number of hydrogen-bond donors (Lipinski definition) is 4. The monoisotopic (exact) mass is 434 g/mol. The zero-order valence-electron chi connectivity index (χ0n) is 16.3. The quantitative estimate of drug-likeness (QED) is 0.392. The van der Waals surface area contributed by atoms with E-state index in [-0.39, 0.29) is 35.6 Å². The number of ether oxygens (including phenoxy) is 1. The number of amides is 1. The Bertz CT molecular complexity index is 1150. The Labute approximate surface area is 176 Å². The van der Waals surface area contributed by atoms with Crippen LogP contribution in [-0.4, -0.2) is 38.6 Å². The van der Waals surface area contributed by atoms with Crippen molar-refractivity contribution < 1.29 is 24.0 Å². The first-order chi connectivity index (χ1) is 14.3. The summed E-state index contributed by atoms with van der Waals surface area (Å²) < 4.78 is 8.79. The van der Waals surface area contributed by atoms with Crippen molar-refractivity contribution in [3.05, 3.63) is 34.9 Å². The van der Waals surface area contributed by atoms with E-state index in [1.807, 2.05) is 17.6 Å². The van der Waals surface area contributed by atoms with Gasteiger partial charge < -0.3 is 26.6 Å². The zero-order valence-corrected chi connectivity index (χ0v) is 17.1. The van der Waals surface area contributed by atoms with Gasteiger partial charge in [-0.2, -0.15) is 0 Å². The topological polar surface area (TPSA) is 162 Å². The zero-order chi connectivity index (χ0) is 22.0. The van der Waals surface area contributed by atoms with E-state index in [1.54, 1.807) is 23.8 Å². The van der Waals surface area contributed by atoms with Crippen molar-refractivity contribution in [1.82, 2.24) is 19.9 Å². The molecule has 1 amide bonds. The fraction of sp³-hybridized carbons (Fsp3) is 0.278. The number of aryl methyl sites for hydroxylation is 1. The number of nitrogens with zero attached hydrogens (tertiary/aromatic N) is 4. The molecule has 1 aromatic carbocycles. The highest BCUT2D eigenvalue weighted by Gasteiger charge is 2.27. The fourth-order valence-electron chi connectivity index (χ4n) is 3.21. The van der Waals surface area contributed by atoms with Crippen LogP contribution in [0, 0.1) is 0 Å². The van der Waals surface area contributed by atoms with Crippen LogP contribution in [0.5, 0.6) is 5.75 Å². The Morgan fingerprint density at radius 1 is 1.30 bits per heavy atom. The summed E-state index contributed by atoms with van der Waals surface area (Å²) in [7, 11) is 1.55. The average Bonchev–Trinajstić information content (AvgIpc) is 2.99. The standard InChI is InChI=1S/C18H20ClN7O4/c1-3-25-11-6-9(30-2)4-5-10(11)26(8-13(27)28)12(25)7-22-18(29)14-16(20)24-17(21)15(19)23-14/h4-6H,3,7-8H2,1-2H3,(H5-,20,21,22,24,27,28,29)/p+1. The number of nitrogens with two attached hydrogens (primary N) is 2. The second-order valence-electron chi connectivity index (χ2n) is 6.31. The molecular weight excluding hydrogens is 414 g/mol. The third kappa shape index (κ3) is 3.92. The predicted molar refractivity (Wildman–Crippen MR) is 109 cm³/mol. The summed E-state index contributed by atoms with van der Waals surface area (Å²) in [5.74, 6) is -0.663. The number of methoxy groups -OCH3 is 1. The Morgan fingerprint density at radius 3 is 2.67 bits per heavy atom. The number of carbonyl (C=O) groups is 2. The number of hydrogen-bond acceptors (Lipinski definition) is 7. The molecule has 158 valence electrons. The van der Waals surface area contributed by atoms with Crippen LogP contribution in [0.3, 0.4) is 0 Å². The van der Waals surface area contributed by atoms with Gasteiger partial charge in [0.1, 0.15) is 12.3 Å². The Kier molecular flexibility index (Phi) is 5.92. The lowest BCUT2D eigenvalue weighted by atomic mass is 10.3. The van der Waals surface area contributed by atoms with Gasteiger partial charge in [-0.15, -0.1) is 0 Å². The van der Waals surface area contributed by atoms with Gasteiger partial charge in [0.2, 0.25) is 0 Å². The van der Waals surface area contributed by atoms with E-state index in [0.717, 1.165) is 5.52 Å². The number of benzene rings is 1. The smallest absolute Gasteiger partial charge is 0.346 e. The van der Waals surface area contributed by atoms with Crippen molar-refractivity contribution in [3.8, 4) is 5.75 Å². The number of imidazole rings is 1. The summed E-state index contributed by atoms with van der Waals surface area (Å²) in [4.78, 5) is 31.7. The highest BCUT2D eigenvalue weighted by Crippen LogP contribution is 2.22. The molecule has 6 N–H and O–H groups in total. The Morgan fingerprint density at radius 2 is 2.03 bits per heavy atom. The number of aromatic nitrogens is 4. The van der Waals surface area contributed by atoms with Gasteiger partial charge in [0, 0.05) is 6.07 Å². The van der Waals surface area contributed by atoms with E-state index in [0.29, 0.717) is 23.6 Å². The Balaban J connectivity index is 2.01. The van der Waals surface area contributed by atoms with Gasteiger partial charge in [0.05, 0.1) is 13.7 Å². The minimum Gasteiger partial charge on any atom is -0.497 e. The molecule has 0 atom stereocenters. The summed E-state index contributed by atoms with van der Waals surface area (Å²) in [5, 5.41) is 11.9. The number of carboxylic acids is 1. The van der Waals surface area contributed by atoms with Gasteiger partial charge >= 0.3 is 5.97 Å². The minimum absolute atomic E-state index is 0.0140. The summed E-state index contributed by atoms with van der Waals surface area (Å²) in [6, 6.07) is 5.33. The molecule has 0 unspecified atom stereocenters. The van der Waals surface area contributed by atoms with Crippen LogP contribution in [-0.2, 0) is 24.4 Å². The first kappa shape index (κ1) is 21.1. The number of fused-ring (bicyclic) bond motifs is 1. The summed E-state index contributed by atoms with van der Waals surface area (Å²) in [6.07, 6.45) is 0. The normalized spacial score (nSPS) is 10.9. The molecule has 0 fully saturated rings. The number of nitrogen functional groups attached to an aromatic ring is 2. The molecule has 0 aliphatic carbocycles. The van der Waals surface area contributed by atoms with E-state index < -0.39 is 11.9 Å². The molecular formula is C18H21ClN7O4+. The van der Waals surface area contributed by atoms with E-state index >= 15 is 0 Å². The van der Waals surface area contributed by atoms with Crippen LogP contribution in [0.15, 0.2) is 18.2 Å². The van der Waals surface area contributed by atoms with E-state index in [4.69, 9.17) is 27.8 Å². The second-order valence-corrected chi connectivity index (χ2v) is 6.67. The Hall–Kier alpha value is -3.60. The molecule has 2 heterocycles. The molecule has 12 heteroatoms. The van der Waals surface area contributed by atoms with Crippen molar-refractivity contribution in [2.24, 2.45) is 0 Å². The number of carboxylic acid groups (broad SMARTS) is 1. The fourth-order valence-corrected chi connectivity index (χ4v) is 3.33. The third-order valence-electron chi connectivity index (χ3n) is 4.52. The van der Waals surface area contributed by atoms with E-state index in [1.165, 1.54) is 0 Å². The molecule has 3 aromatic rings. The first-order valence-electron chi connectivity index (χ1n) is 8.94. The van der Waals surface area contributed by atoms with Crippen molar-refractivity contribution in [3.63, 3.8) is 0 Å². The van der Waals surface area contributed by atoms with Crippen molar-refractivity contribution in [2.75, 3.05) is 18.6 Å². The number of rotatable bonds is 7. The summed E-state index contributed by atoms with van der Waals surface area (Å²) in [6.45, 7) is 2.19. The summed E-state index contributed by atoms with van der Waals surface area (Å²) >= 11 is 5.84. The van der Waals surface area contributed by atoms with E-state index in [9.17, 15) is 14.7 Å². The maximum atomic E-state index is 12.6. The third-order valence-corrected chi connectivity index (χ3v) is 4.80. The molecule has 0 saturated heterocycles. The predicted octanol–water partition coefficient (Wildman–Crippen LogP) is 0.580. The molecule has 2 aromatic heterocycles. The average molecular weight is 435 g/mol. The minimum atomic E-state index is -1.01. The van der Waals surface area contributed by atoms with Gasteiger partial charge in [-0.25, -0.2) is 23.9 Å². The van der Waals surface area contributed by atoms with Gasteiger partial charge in [0.15, 0.2) is 40.1 Å². The number of carbonyl (C=O) groups excluding carboxylic acids is 1. The largest absolute Gasteiger partial charge is 0.497 e. The lowest BCUT2D eigenvalue weighted by Gasteiger charge is -2.08. The van der Waals surface area contributed by atoms with Gasteiger partial charge in [-0.3, -0.25) is 4.79 Å². The molecule has 30 heavy (non-hydrogen) atoms. The highest BCUT2D eigenvalue weighted by molar-refractivity contribution is 6.31. The number of nitrogens with one attached hydrogen (secondary N) is 1. The molecule has 3 rings (SSSR count). The van der Waals surface area contributed by atoms with Crippen LogP contribution < -0.4 is 26.1 Å². The molecule has 0 spiro atoms. The molecule has 11 nitrogen and oxygen atoms in total. The lowest BCUT2D eigenvalue weighted by Crippen LogP contribution is -2.44. The van der Waals surface area contributed by atoms with Crippen LogP contribution in [0.2, 0.25) is 5.15 Å². The van der Waals surface area contributed by atoms with Gasteiger partial charge in [0.25, 0.3) is 11.7 Å². The second kappa shape index (κ2) is 8.41. The molecule has 0 radical (unpaired) electrons. The molecule has 0 bridgehead atoms. The molecule has 0 aliphatic rings. The number of aliphatic carboxylic acids is 1. The van der Waals surface area contributed by atoms with Crippen molar-refractivity contribution in [2.45, 2.75) is 26.6 Å². The van der Waals surface area contributed by atoms with Crippen LogP contribution in [0.4, 0.5) is 11.6 Å². The van der Waals surface area contributed by atoms with Crippen LogP contribution >= 0.6 is 11.6 Å². The number of anilines is 2. The SMILES string of the molecule is CCn1c(CNC(=O)c2nc(Cl)c(N)nc2N)[n+](CC(=O)O)c2ccc(OC)cc21. The van der Waals surface area contributed by atoms with Crippen LogP contribution in [0.1, 0.15) is 23.2 Å². The highest BCUT2D eigenvalue weighted by atomic mass is 35.5. The first-order valence-corrected chi connectivity index (χ1v) is 9.32. The van der Waals surface area contributed by atoms with E-state index in [2.05, 4.69) is 15.3 Å². The van der Waals surface area contributed by atoms with Gasteiger partial charge in [-0.1, -0.05) is 11.6 Å². The maximum absolute atomic E-state index is 12.6. The number of halogens is 1. The summed E-state index contributed by atoms with van der Waals surface area (Å²) in [5.41, 5.74) is 12.6. The lowest BCUT2D eigenvalue weighted by molar-refractivity contribution is -0.668. The molecule has 0 saturated carbocycles. The van der Waals surface area contributed by atoms with Crippen molar-refractivity contribution >= 4 is 46.1 Å². The maximum Gasteiger partial charge on any atom is 0.346 e. The van der Waals surface area contributed by atoms with Crippen molar-refractivity contribution in [1.29, 1.82) is 0 Å². The van der Waals surface area contributed by atoms with Gasteiger partial charge in [-0.05, 0) is 19.1 Å². The van der Waals surface area contributed by atoms with Crippen LogP contribution in [0.25, 0.3) is 11.0 Å².